The average molecular weight is 613 g/mol. The van der Waals surface area contributed by atoms with Crippen LogP contribution in [0.3, 0.4) is 0 Å². The topological polar surface area (TPSA) is 112 Å². The Kier molecular flexibility index (Phi) is 11.1. The standard InChI is InChI=1S/C36H44N4O5/c1-6-32(42)39-21-8-7-11-31(39)35(44)40(29-16-14-27(15-17-29)36(2,3)4)33(26-10-9-20-37-23-26)34(43)38-28(24-41)22-25-12-18-30(45-5)19-13-25/h6,9-10,12-20,23,28,31,33,41H,1,7-8,11,21-22,24H2,2-5H3,(H,38,43). The Bertz CT molecular complexity index is 1450. The highest BCUT2D eigenvalue weighted by molar-refractivity contribution is 6.05. The summed E-state index contributed by atoms with van der Waals surface area (Å²) in [4.78, 5) is 49.2. The van der Waals surface area contributed by atoms with Crippen LogP contribution in [-0.4, -0.2) is 65.1 Å². The van der Waals surface area contributed by atoms with E-state index in [0.29, 0.717) is 36.4 Å². The van der Waals surface area contributed by atoms with Crippen molar-refractivity contribution in [1.29, 1.82) is 0 Å². The molecule has 0 aliphatic carbocycles. The number of hydrogen-bond donors (Lipinski definition) is 2. The number of nitrogens with zero attached hydrogens (tertiary/aromatic N) is 3. The van der Waals surface area contributed by atoms with E-state index in [1.54, 1.807) is 36.5 Å². The van der Waals surface area contributed by atoms with Crippen LogP contribution in [0.2, 0.25) is 0 Å². The minimum Gasteiger partial charge on any atom is -0.497 e. The number of aliphatic hydroxyl groups is 1. The summed E-state index contributed by atoms with van der Waals surface area (Å²) >= 11 is 0. The van der Waals surface area contributed by atoms with Crippen LogP contribution in [0.15, 0.2) is 85.7 Å². The predicted molar refractivity (Wildman–Crippen MR) is 175 cm³/mol. The number of aromatic nitrogens is 1. The van der Waals surface area contributed by atoms with Gasteiger partial charge in [-0.05, 0) is 78.6 Å². The molecule has 1 aromatic heterocycles. The van der Waals surface area contributed by atoms with Crippen molar-refractivity contribution in [1.82, 2.24) is 15.2 Å². The number of pyridine rings is 1. The third kappa shape index (κ3) is 8.16. The van der Waals surface area contributed by atoms with Gasteiger partial charge >= 0.3 is 0 Å². The smallest absolute Gasteiger partial charge is 0.250 e. The van der Waals surface area contributed by atoms with Crippen molar-refractivity contribution < 1.29 is 24.2 Å². The highest BCUT2D eigenvalue weighted by Crippen LogP contribution is 2.33. The maximum atomic E-state index is 14.7. The minimum absolute atomic E-state index is 0.125. The quantitative estimate of drug-likeness (QED) is 0.303. The van der Waals surface area contributed by atoms with Crippen LogP contribution in [0, 0.1) is 0 Å². The number of carbonyl (C=O) groups is 3. The number of nitrogens with one attached hydrogen (secondary N) is 1. The Labute approximate surface area is 265 Å². The van der Waals surface area contributed by atoms with E-state index in [1.807, 2.05) is 48.5 Å². The average Bonchev–Trinajstić information content (AvgIpc) is 3.06. The molecule has 45 heavy (non-hydrogen) atoms. The lowest BCUT2D eigenvalue weighted by molar-refractivity contribution is -0.138. The lowest BCUT2D eigenvalue weighted by atomic mass is 9.87. The second-order valence-electron chi connectivity index (χ2n) is 12.4. The lowest BCUT2D eigenvalue weighted by Crippen LogP contribution is -2.56. The second-order valence-corrected chi connectivity index (χ2v) is 12.4. The van der Waals surface area contributed by atoms with Crippen molar-refractivity contribution in [2.24, 2.45) is 0 Å². The van der Waals surface area contributed by atoms with Crippen molar-refractivity contribution in [2.75, 3.05) is 25.2 Å². The molecule has 1 aliphatic rings. The highest BCUT2D eigenvalue weighted by Gasteiger charge is 2.40. The van der Waals surface area contributed by atoms with Gasteiger partial charge < -0.3 is 20.1 Å². The van der Waals surface area contributed by atoms with Gasteiger partial charge in [0.1, 0.15) is 17.8 Å². The van der Waals surface area contributed by atoms with E-state index in [0.717, 1.165) is 24.0 Å². The second kappa shape index (κ2) is 15.0. The van der Waals surface area contributed by atoms with E-state index in [4.69, 9.17) is 4.74 Å². The number of methoxy groups -OCH3 is 1. The fraction of sp³-hybridized carbons (Fsp3) is 0.389. The molecule has 2 N–H and O–H groups in total. The maximum absolute atomic E-state index is 14.7. The molecule has 4 rings (SSSR count). The van der Waals surface area contributed by atoms with Crippen molar-refractivity contribution in [3.8, 4) is 5.75 Å². The van der Waals surface area contributed by atoms with E-state index < -0.39 is 24.0 Å². The largest absolute Gasteiger partial charge is 0.497 e. The fourth-order valence-corrected chi connectivity index (χ4v) is 5.70. The summed E-state index contributed by atoms with van der Waals surface area (Å²) in [5.41, 5.74) is 2.87. The van der Waals surface area contributed by atoms with Crippen molar-refractivity contribution >= 4 is 23.4 Å². The summed E-state index contributed by atoms with van der Waals surface area (Å²) in [6, 6.07) is 16.0. The number of aliphatic hydroxyl groups excluding tert-OH is 1. The number of carbonyl (C=O) groups excluding carboxylic acids is 3. The molecule has 0 spiro atoms. The van der Waals surface area contributed by atoms with Gasteiger partial charge in [0.15, 0.2) is 0 Å². The minimum atomic E-state index is -1.13. The van der Waals surface area contributed by atoms with E-state index in [9.17, 15) is 19.5 Å². The van der Waals surface area contributed by atoms with Crippen molar-refractivity contribution in [3.05, 3.63) is 102 Å². The van der Waals surface area contributed by atoms with Crippen LogP contribution in [0.1, 0.15) is 62.8 Å². The van der Waals surface area contributed by atoms with E-state index in [2.05, 4.69) is 37.7 Å². The molecule has 3 amide bonds. The van der Waals surface area contributed by atoms with Crippen LogP contribution in [0.5, 0.6) is 5.75 Å². The third-order valence-corrected chi connectivity index (χ3v) is 8.21. The van der Waals surface area contributed by atoms with Gasteiger partial charge in [-0.15, -0.1) is 0 Å². The molecular formula is C36H44N4O5. The number of amides is 3. The fourth-order valence-electron chi connectivity index (χ4n) is 5.70. The van der Waals surface area contributed by atoms with E-state index in [1.165, 1.54) is 11.0 Å². The molecule has 9 heteroatoms. The zero-order valence-corrected chi connectivity index (χ0v) is 26.6. The monoisotopic (exact) mass is 612 g/mol. The van der Waals surface area contributed by atoms with Gasteiger partial charge in [-0.1, -0.05) is 57.7 Å². The molecule has 3 atom stereocenters. The number of anilines is 1. The molecule has 0 bridgehead atoms. The SMILES string of the molecule is C=CC(=O)N1CCCCC1C(=O)N(c1ccc(C(C)(C)C)cc1)C(C(=O)NC(CO)Cc1ccc(OC)cc1)c1cccnc1. The zero-order valence-electron chi connectivity index (χ0n) is 26.6. The maximum Gasteiger partial charge on any atom is 0.250 e. The first-order chi connectivity index (χ1) is 21.6. The van der Waals surface area contributed by atoms with Gasteiger partial charge in [0.05, 0.1) is 19.8 Å². The van der Waals surface area contributed by atoms with E-state index >= 15 is 0 Å². The first-order valence-electron chi connectivity index (χ1n) is 15.4. The van der Waals surface area contributed by atoms with E-state index in [-0.39, 0.29) is 23.8 Å². The van der Waals surface area contributed by atoms with Crippen LogP contribution in [0.4, 0.5) is 5.69 Å². The molecule has 0 radical (unpaired) electrons. The van der Waals surface area contributed by atoms with Gasteiger partial charge in [-0.25, -0.2) is 0 Å². The van der Waals surface area contributed by atoms with Crippen LogP contribution in [0.25, 0.3) is 0 Å². The normalized spacial score (nSPS) is 16.3. The zero-order chi connectivity index (χ0) is 32.6. The summed E-state index contributed by atoms with van der Waals surface area (Å²) in [7, 11) is 1.59. The molecule has 238 valence electrons. The molecule has 3 unspecified atom stereocenters. The van der Waals surface area contributed by atoms with Crippen LogP contribution >= 0.6 is 0 Å². The first-order valence-corrected chi connectivity index (χ1v) is 15.4. The molecule has 1 fully saturated rings. The molecule has 1 aliphatic heterocycles. The Balaban J connectivity index is 1.77. The van der Waals surface area contributed by atoms with Crippen LogP contribution in [-0.2, 0) is 26.2 Å². The van der Waals surface area contributed by atoms with Gasteiger partial charge in [0.25, 0.3) is 5.91 Å². The summed E-state index contributed by atoms with van der Waals surface area (Å²) in [5, 5.41) is 13.3. The number of benzene rings is 2. The third-order valence-electron chi connectivity index (χ3n) is 8.21. The predicted octanol–water partition coefficient (Wildman–Crippen LogP) is 4.75. The summed E-state index contributed by atoms with van der Waals surface area (Å²) in [6.45, 7) is 10.1. The number of piperidine rings is 1. The molecule has 3 aromatic rings. The molecule has 9 nitrogen and oxygen atoms in total. The van der Waals surface area contributed by atoms with Gasteiger partial charge in [-0.3, -0.25) is 24.3 Å². The number of likely N-dealkylation sites (tertiary alicyclic amines) is 1. The molecule has 2 heterocycles. The van der Waals surface area contributed by atoms with Gasteiger partial charge in [-0.2, -0.15) is 0 Å². The number of ether oxygens (including phenoxy) is 1. The molecule has 1 saturated heterocycles. The van der Waals surface area contributed by atoms with Crippen molar-refractivity contribution in [2.45, 2.75) is 70.0 Å². The van der Waals surface area contributed by atoms with Gasteiger partial charge in [0, 0.05) is 30.2 Å². The Morgan fingerprint density at radius 3 is 2.40 bits per heavy atom. The molecule has 2 aromatic carbocycles. The summed E-state index contributed by atoms with van der Waals surface area (Å²) < 4.78 is 5.25. The first kappa shape index (κ1) is 33.4. The van der Waals surface area contributed by atoms with Crippen LogP contribution < -0.4 is 15.0 Å². The Hall–Kier alpha value is -4.50. The summed E-state index contributed by atoms with van der Waals surface area (Å²) in [5.74, 6) is -0.453. The molecule has 0 saturated carbocycles. The Morgan fingerprint density at radius 1 is 1.11 bits per heavy atom. The highest BCUT2D eigenvalue weighted by atomic mass is 16.5. The summed E-state index contributed by atoms with van der Waals surface area (Å²) in [6.07, 6.45) is 6.78. The van der Waals surface area contributed by atoms with Crippen molar-refractivity contribution in [3.63, 3.8) is 0 Å². The van der Waals surface area contributed by atoms with Gasteiger partial charge in [0.2, 0.25) is 11.8 Å². The molecular weight excluding hydrogens is 568 g/mol. The Morgan fingerprint density at radius 2 is 1.82 bits per heavy atom. The lowest BCUT2D eigenvalue weighted by Gasteiger charge is -2.40. The number of rotatable bonds is 11. The number of hydrogen-bond acceptors (Lipinski definition) is 6.